The Balaban J connectivity index is 0.000001000. The lowest BCUT2D eigenvalue weighted by Crippen LogP contribution is -2.59. The Morgan fingerprint density at radius 1 is 1.22 bits per heavy atom. The molecule has 0 unspecified atom stereocenters. The molecule has 2 aliphatic heterocycles. The monoisotopic (exact) mass is 271 g/mol. The van der Waals surface area contributed by atoms with E-state index in [1.165, 1.54) is 25.7 Å². The average Bonchev–Trinajstić information content (AvgIpc) is 2.96. The molecule has 0 aromatic rings. The number of halogens is 1. The molecule has 102 valence electrons. The lowest BCUT2D eigenvalue weighted by atomic mass is 9.47. The van der Waals surface area contributed by atoms with Crippen molar-refractivity contribution in [3.63, 3.8) is 0 Å². The topological polar surface area (TPSA) is 30.5 Å². The van der Waals surface area contributed by atoms with Gasteiger partial charge in [0.15, 0.2) is 0 Å². The highest BCUT2D eigenvalue weighted by Crippen LogP contribution is 2.61. The van der Waals surface area contributed by atoms with Crippen LogP contribution in [0.25, 0.3) is 0 Å². The Morgan fingerprint density at radius 2 is 2.06 bits per heavy atom. The zero-order valence-corrected chi connectivity index (χ0v) is 12.0. The summed E-state index contributed by atoms with van der Waals surface area (Å²) in [6, 6.07) is 0. The summed E-state index contributed by atoms with van der Waals surface area (Å²) in [5.74, 6) is 2.05. The first kappa shape index (κ1) is 13.2. The summed E-state index contributed by atoms with van der Waals surface area (Å²) in [6.07, 6.45) is 5.82. The summed E-state index contributed by atoms with van der Waals surface area (Å²) in [5, 5.41) is 3.51. The number of nitrogens with one attached hydrogen (secondary N) is 1. The highest BCUT2D eigenvalue weighted by atomic mass is 35.5. The molecule has 18 heavy (non-hydrogen) atoms. The van der Waals surface area contributed by atoms with Gasteiger partial charge in [0, 0.05) is 5.94 Å². The van der Waals surface area contributed by atoms with E-state index in [9.17, 15) is 0 Å². The Morgan fingerprint density at radius 3 is 2.72 bits per heavy atom. The Labute approximate surface area is 116 Å². The van der Waals surface area contributed by atoms with Gasteiger partial charge in [-0.15, -0.1) is 12.4 Å². The summed E-state index contributed by atoms with van der Waals surface area (Å²) in [5.41, 5.74) is 0.489. The molecule has 0 aromatic carbocycles. The van der Waals surface area contributed by atoms with Gasteiger partial charge in [0.05, 0.1) is 12.2 Å². The van der Waals surface area contributed by atoms with Crippen molar-refractivity contribution >= 4 is 19.5 Å². The van der Waals surface area contributed by atoms with Gasteiger partial charge in [0.2, 0.25) is 0 Å². The molecule has 0 amide bonds. The van der Waals surface area contributed by atoms with Crippen LogP contribution in [0.1, 0.15) is 39.5 Å². The molecule has 5 fully saturated rings. The minimum Gasteiger partial charge on any atom is -0.405 e. The molecule has 2 saturated heterocycles. The maximum absolute atomic E-state index is 6.25. The molecule has 1 N–H and O–H groups in total. The summed E-state index contributed by atoms with van der Waals surface area (Å²) in [6.45, 7) is 5.94. The van der Waals surface area contributed by atoms with Gasteiger partial charge < -0.3 is 14.6 Å². The molecule has 5 heteroatoms. The third kappa shape index (κ3) is 1.69. The van der Waals surface area contributed by atoms with Crippen LogP contribution in [0.5, 0.6) is 0 Å². The summed E-state index contributed by atoms with van der Waals surface area (Å²) in [4.78, 5) is 0. The second kappa shape index (κ2) is 4.37. The lowest BCUT2D eigenvalue weighted by Gasteiger charge is -2.60. The minimum absolute atomic E-state index is 0. The fourth-order valence-electron chi connectivity index (χ4n) is 4.50. The molecule has 0 radical (unpaired) electrons. The smallest absolute Gasteiger partial charge is 0.405 e. The van der Waals surface area contributed by atoms with Gasteiger partial charge >= 0.3 is 7.12 Å². The second-order valence-corrected chi connectivity index (χ2v) is 6.94. The van der Waals surface area contributed by atoms with Gasteiger partial charge in [0.1, 0.15) is 0 Å². The lowest BCUT2D eigenvalue weighted by molar-refractivity contribution is -0.150. The fourth-order valence-corrected chi connectivity index (χ4v) is 4.50. The zero-order valence-electron chi connectivity index (χ0n) is 11.2. The zero-order chi connectivity index (χ0) is 11.6. The van der Waals surface area contributed by atoms with Crippen molar-refractivity contribution < 1.29 is 9.31 Å². The first-order valence-electron chi connectivity index (χ1n) is 7.20. The Kier molecular flexibility index (Phi) is 3.21. The van der Waals surface area contributed by atoms with Crippen LogP contribution in [-0.2, 0) is 9.31 Å². The van der Waals surface area contributed by atoms with Crippen LogP contribution in [0.2, 0.25) is 0 Å². The number of hydrogen-bond donors (Lipinski definition) is 1. The molecule has 0 spiro atoms. The molecule has 5 rings (SSSR count). The Bertz CT molecular complexity index is 335. The molecule has 5 aliphatic rings. The van der Waals surface area contributed by atoms with Crippen molar-refractivity contribution in [3.8, 4) is 0 Å². The van der Waals surface area contributed by atoms with Gasteiger partial charge in [0.25, 0.3) is 0 Å². The highest BCUT2D eigenvalue weighted by molar-refractivity contribution is 6.47. The normalized spacial score (nSPS) is 48.3. The molecule has 3 nitrogen and oxygen atoms in total. The van der Waals surface area contributed by atoms with Gasteiger partial charge in [-0.25, -0.2) is 0 Å². The number of rotatable bonds is 1. The van der Waals surface area contributed by atoms with E-state index in [2.05, 4.69) is 19.2 Å². The van der Waals surface area contributed by atoms with Crippen molar-refractivity contribution in [2.45, 2.75) is 57.7 Å². The van der Waals surface area contributed by atoms with Crippen LogP contribution in [0, 0.1) is 17.3 Å². The average molecular weight is 272 g/mol. The van der Waals surface area contributed by atoms with Gasteiger partial charge in [-0.05, 0) is 49.5 Å². The van der Waals surface area contributed by atoms with E-state index in [1.807, 2.05) is 0 Å². The highest BCUT2D eigenvalue weighted by Gasteiger charge is 2.62. The molecule has 0 aromatic heterocycles. The molecular formula is C13H23BClNO2. The van der Waals surface area contributed by atoms with Crippen molar-refractivity contribution in [1.29, 1.82) is 0 Å². The van der Waals surface area contributed by atoms with E-state index in [-0.39, 0.29) is 19.5 Å². The molecule has 2 bridgehead atoms. The van der Waals surface area contributed by atoms with Gasteiger partial charge in [-0.1, -0.05) is 13.8 Å². The largest absolute Gasteiger partial charge is 0.475 e. The van der Waals surface area contributed by atoms with Crippen LogP contribution in [0.4, 0.5) is 0 Å². The molecule has 2 heterocycles. The van der Waals surface area contributed by atoms with Crippen molar-refractivity contribution in [1.82, 2.24) is 5.32 Å². The molecule has 3 aliphatic carbocycles. The maximum Gasteiger partial charge on any atom is 0.475 e. The van der Waals surface area contributed by atoms with Crippen molar-refractivity contribution in [3.05, 3.63) is 0 Å². The molecule has 5 atom stereocenters. The predicted octanol–water partition coefficient (Wildman–Crippen LogP) is 2.04. The third-order valence-electron chi connectivity index (χ3n) is 5.85. The standard InChI is InChI=1S/C13H22BNO2.ClH/c1-13(2)8-6-9(13)12-10(7-8)16-14(17-12)11-4-3-5-15-11;/h8-12,15H,3-7H2,1-2H3;1H/t8-,9+,10+,11-,12-;/m0./s1. The summed E-state index contributed by atoms with van der Waals surface area (Å²) in [7, 11) is 0.0302. The van der Waals surface area contributed by atoms with Crippen molar-refractivity contribution in [2.24, 2.45) is 17.3 Å². The van der Waals surface area contributed by atoms with E-state index in [1.54, 1.807) is 0 Å². The fraction of sp³-hybridized carbons (Fsp3) is 1.00. The third-order valence-corrected chi connectivity index (χ3v) is 5.85. The molecular weight excluding hydrogens is 248 g/mol. The van der Waals surface area contributed by atoms with E-state index >= 15 is 0 Å². The molecule has 3 saturated carbocycles. The second-order valence-electron chi connectivity index (χ2n) is 6.94. The Hall–Kier alpha value is 0.235. The van der Waals surface area contributed by atoms with Crippen LogP contribution < -0.4 is 5.32 Å². The van der Waals surface area contributed by atoms with Crippen LogP contribution >= 0.6 is 12.4 Å². The maximum atomic E-state index is 6.25. The minimum atomic E-state index is 0. The van der Waals surface area contributed by atoms with Crippen molar-refractivity contribution in [2.75, 3.05) is 6.54 Å². The van der Waals surface area contributed by atoms with Gasteiger partial charge in [-0.3, -0.25) is 0 Å². The predicted molar refractivity (Wildman–Crippen MR) is 73.8 cm³/mol. The van der Waals surface area contributed by atoms with E-state index < -0.39 is 0 Å². The first-order chi connectivity index (χ1) is 8.16. The van der Waals surface area contributed by atoms with E-state index in [4.69, 9.17) is 9.31 Å². The van der Waals surface area contributed by atoms with Crippen LogP contribution in [0.3, 0.4) is 0 Å². The van der Waals surface area contributed by atoms with E-state index in [0.717, 1.165) is 18.4 Å². The SMILES string of the molecule is CC1(C)[C@H]2C[C@@H]1[C@@H]1OB([C@@H]3CCCN3)O[C@@H]1C2.Cl. The van der Waals surface area contributed by atoms with Gasteiger partial charge in [-0.2, -0.15) is 0 Å². The van der Waals surface area contributed by atoms with Crippen LogP contribution in [-0.4, -0.2) is 31.8 Å². The first-order valence-corrected chi connectivity index (χ1v) is 7.20. The van der Waals surface area contributed by atoms with E-state index in [0.29, 0.717) is 23.6 Å². The summed E-state index contributed by atoms with van der Waals surface area (Å²) < 4.78 is 12.4. The van der Waals surface area contributed by atoms with Crippen LogP contribution in [0.15, 0.2) is 0 Å². The quantitative estimate of drug-likeness (QED) is 0.741. The number of hydrogen-bond acceptors (Lipinski definition) is 3. The summed E-state index contributed by atoms with van der Waals surface area (Å²) >= 11 is 0.